The van der Waals surface area contributed by atoms with Crippen molar-refractivity contribution in [1.82, 2.24) is 4.57 Å². The number of rotatable bonds is 4. The van der Waals surface area contributed by atoms with Crippen LogP contribution in [0.1, 0.15) is 36.2 Å². The largest absolute Gasteiger partial charge is 0.330 e. The first-order chi connectivity index (χ1) is 8.65. The van der Waals surface area contributed by atoms with Crippen LogP contribution in [0.3, 0.4) is 0 Å². The lowest BCUT2D eigenvalue weighted by Crippen LogP contribution is -2.12. The number of hydrogen-bond donors (Lipinski definition) is 2. The van der Waals surface area contributed by atoms with E-state index in [-0.39, 0.29) is 24.4 Å². The van der Waals surface area contributed by atoms with Gasteiger partial charge in [-0.2, -0.15) is 0 Å². The van der Waals surface area contributed by atoms with Crippen LogP contribution in [0.4, 0.5) is 0 Å². The molecule has 0 aliphatic rings. The Bertz CT molecular complexity index is 565. The molecule has 1 atom stereocenters. The minimum atomic E-state index is -0.0703. The molecule has 2 aromatic rings. The van der Waals surface area contributed by atoms with E-state index in [0.29, 0.717) is 6.54 Å². The van der Waals surface area contributed by atoms with E-state index in [1.54, 1.807) is 11.5 Å². The third-order valence-corrected chi connectivity index (χ3v) is 3.20. The first-order valence-corrected chi connectivity index (χ1v) is 6.21. The molecule has 19 heavy (non-hydrogen) atoms. The third-order valence-electron chi connectivity index (χ3n) is 3.20. The Kier molecular flexibility index (Phi) is 5.54. The quantitative estimate of drug-likeness (QED) is 0.904. The van der Waals surface area contributed by atoms with Crippen molar-refractivity contribution in [3.63, 3.8) is 0 Å². The minimum Gasteiger partial charge on any atom is -0.330 e. The molecule has 0 amide bonds. The molecule has 0 aliphatic carbocycles. The Morgan fingerprint density at radius 2 is 2.05 bits per heavy atom. The minimum absolute atomic E-state index is 0. The fraction of sp³-hybridized carbons (Fsp3) is 0.357. The number of para-hydroxylation sites is 1. The van der Waals surface area contributed by atoms with Crippen molar-refractivity contribution in [2.24, 2.45) is 11.5 Å². The summed E-state index contributed by atoms with van der Waals surface area (Å²) in [5, 5.41) is 1.05. The Balaban J connectivity index is 0.00000180. The fourth-order valence-corrected chi connectivity index (χ4v) is 2.26. The summed E-state index contributed by atoms with van der Waals surface area (Å²) < 4.78 is 1.66. The van der Waals surface area contributed by atoms with Crippen LogP contribution in [0.5, 0.6) is 0 Å². The highest BCUT2D eigenvalue weighted by Gasteiger charge is 2.15. The van der Waals surface area contributed by atoms with Gasteiger partial charge in [0.1, 0.15) is 0 Å². The highest BCUT2D eigenvalue weighted by molar-refractivity contribution is 5.93. The molecule has 104 valence electrons. The molecule has 0 unspecified atom stereocenters. The van der Waals surface area contributed by atoms with Crippen molar-refractivity contribution >= 4 is 29.2 Å². The number of nitrogens with two attached hydrogens (primary N) is 2. The van der Waals surface area contributed by atoms with Gasteiger partial charge >= 0.3 is 0 Å². The number of fused-ring (bicyclic) bond motifs is 1. The molecule has 0 spiro atoms. The standard InChI is InChI=1S/C14H19N3O.ClH/c1-10(18)17-9-12(13(16)6-4-8-15)11-5-2-3-7-14(11)17;/h2-3,5,7,9,13H,4,6,8,15-16H2,1H3;1H/t13-;/m0./s1. The summed E-state index contributed by atoms with van der Waals surface area (Å²) in [5.74, 6) is 0.00322. The first kappa shape index (κ1) is 15.7. The molecule has 0 bridgehead atoms. The van der Waals surface area contributed by atoms with Gasteiger partial charge in [0, 0.05) is 24.5 Å². The SMILES string of the molecule is CC(=O)n1cc([C@@H](N)CCCN)c2ccccc21.Cl. The highest BCUT2D eigenvalue weighted by Crippen LogP contribution is 2.27. The first-order valence-electron chi connectivity index (χ1n) is 6.21. The molecule has 4 N–H and O–H groups in total. The molecular weight excluding hydrogens is 262 g/mol. The zero-order valence-corrected chi connectivity index (χ0v) is 11.8. The van der Waals surface area contributed by atoms with Gasteiger partial charge in [-0.05, 0) is 31.0 Å². The summed E-state index contributed by atoms with van der Waals surface area (Å²) >= 11 is 0. The molecule has 2 rings (SSSR count). The Labute approximate surface area is 119 Å². The Morgan fingerprint density at radius 1 is 1.37 bits per heavy atom. The van der Waals surface area contributed by atoms with E-state index in [0.717, 1.165) is 29.3 Å². The van der Waals surface area contributed by atoms with E-state index in [1.807, 2.05) is 30.5 Å². The zero-order valence-electron chi connectivity index (χ0n) is 11.0. The van der Waals surface area contributed by atoms with Gasteiger partial charge in [-0.1, -0.05) is 18.2 Å². The third kappa shape index (κ3) is 3.15. The van der Waals surface area contributed by atoms with Gasteiger partial charge in [0.2, 0.25) is 5.91 Å². The van der Waals surface area contributed by atoms with Crippen LogP contribution in [-0.4, -0.2) is 17.0 Å². The van der Waals surface area contributed by atoms with E-state index in [2.05, 4.69) is 0 Å². The monoisotopic (exact) mass is 281 g/mol. The number of carbonyl (C=O) groups is 1. The number of nitrogens with zero attached hydrogens (tertiary/aromatic N) is 1. The smallest absolute Gasteiger partial charge is 0.227 e. The van der Waals surface area contributed by atoms with Crippen LogP contribution in [0.2, 0.25) is 0 Å². The Morgan fingerprint density at radius 3 is 2.68 bits per heavy atom. The maximum absolute atomic E-state index is 11.6. The fourth-order valence-electron chi connectivity index (χ4n) is 2.26. The number of benzene rings is 1. The van der Waals surface area contributed by atoms with E-state index in [4.69, 9.17) is 11.5 Å². The number of halogens is 1. The van der Waals surface area contributed by atoms with Crippen molar-refractivity contribution in [3.8, 4) is 0 Å². The van der Waals surface area contributed by atoms with Crippen molar-refractivity contribution < 1.29 is 4.79 Å². The van der Waals surface area contributed by atoms with Gasteiger partial charge in [-0.15, -0.1) is 12.4 Å². The lowest BCUT2D eigenvalue weighted by Gasteiger charge is -2.09. The summed E-state index contributed by atoms with van der Waals surface area (Å²) in [5.41, 5.74) is 13.6. The van der Waals surface area contributed by atoms with E-state index in [9.17, 15) is 4.79 Å². The second-order valence-corrected chi connectivity index (χ2v) is 4.53. The number of hydrogen-bond acceptors (Lipinski definition) is 3. The summed E-state index contributed by atoms with van der Waals surface area (Å²) in [6.45, 7) is 2.20. The molecule has 0 saturated carbocycles. The van der Waals surface area contributed by atoms with Crippen LogP contribution in [0, 0.1) is 0 Å². The van der Waals surface area contributed by atoms with E-state index < -0.39 is 0 Å². The average Bonchev–Trinajstić information content (AvgIpc) is 2.75. The van der Waals surface area contributed by atoms with Gasteiger partial charge in [-0.25, -0.2) is 0 Å². The molecule has 1 aromatic heterocycles. The van der Waals surface area contributed by atoms with Crippen molar-refractivity contribution in [1.29, 1.82) is 0 Å². The molecule has 4 nitrogen and oxygen atoms in total. The maximum Gasteiger partial charge on any atom is 0.227 e. The van der Waals surface area contributed by atoms with Crippen LogP contribution in [0.15, 0.2) is 30.5 Å². The second-order valence-electron chi connectivity index (χ2n) is 4.53. The topological polar surface area (TPSA) is 74.0 Å². The summed E-state index contributed by atoms with van der Waals surface area (Å²) in [6, 6.07) is 7.77. The van der Waals surface area contributed by atoms with E-state index in [1.165, 1.54) is 0 Å². The summed E-state index contributed by atoms with van der Waals surface area (Å²) in [4.78, 5) is 11.6. The lowest BCUT2D eigenvalue weighted by atomic mass is 10.0. The van der Waals surface area contributed by atoms with Gasteiger partial charge in [0.05, 0.1) is 5.52 Å². The molecule has 0 radical (unpaired) electrons. The molecule has 1 aromatic carbocycles. The van der Waals surface area contributed by atoms with Crippen LogP contribution < -0.4 is 11.5 Å². The molecule has 0 aliphatic heterocycles. The maximum atomic E-state index is 11.6. The molecule has 0 saturated heterocycles. The average molecular weight is 282 g/mol. The van der Waals surface area contributed by atoms with Gasteiger partial charge in [0.25, 0.3) is 0 Å². The van der Waals surface area contributed by atoms with Crippen LogP contribution in [0.25, 0.3) is 10.9 Å². The summed E-state index contributed by atoms with van der Waals surface area (Å²) in [7, 11) is 0. The molecular formula is C14H20ClN3O. The Hall–Kier alpha value is -1.36. The lowest BCUT2D eigenvalue weighted by molar-refractivity contribution is 0.0941. The number of aromatic nitrogens is 1. The van der Waals surface area contributed by atoms with Gasteiger partial charge in [0.15, 0.2) is 0 Å². The predicted molar refractivity (Wildman–Crippen MR) is 80.7 cm³/mol. The van der Waals surface area contributed by atoms with Gasteiger partial charge in [-0.3, -0.25) is 9.36 Å². The van der Waals surface area contributed by atoms with Crippen molar-refractivity contribution in [2.75, 3.05) is 6.54 Å². The van der Waals surface area contributed by atoms with Crippen molar-refractivity contribution in [2.45, 2.75) is 25.8 Å². The summed E-state index contributed by atoms with van der Waals surface area (Å²) in [6.07, 6.45) is 3.58. The second kappa shape index (κ2) is 6.70. The molecule has 1 heterocycles. The van der Waals surface area contributed by atoms with Crippen LogP contribution >= 0.6 is 12.4 Å². The highest BCUT2D eigenvalue weighted by atomic mass is 35.5. The normalized spacial score (nSPS) is 12.2. The van der Waals surface area contributed by atoms with Crippen LogP contribution in [-0.2, 0) is 0 Å². The van der Waals surface area contributed by atoms with Crippen molar-refractivity contribution in [3.05, 3.63) is 36.0 Å². The number of carbonyl (C=O) groups excluding carboxylic acids is 1. The molecule has 0 fully saturated rings. The zero-order chi connectivity index (χ0) is 13.1. The van der Waals surface area contributed by atoms with Gasteiger partial charge < -0.3 is 11.5 Å². The predicted octanol–water partition coefficient (Wildman–Crippen LogP) is 2.46. The van der Waals surface area contributed by atoms with E-state index >= 15 is 0 Å². The molecule has 5 heteroatoms.